The zero-order valence-electron chi connectivity index (χ0n) is 12.6. The third-order valence-electron chi connectivity index (χ3n) is 4.06. The van der Waals surface area contributed by atoms with Crippen LogP contribution in [0.4, 0.5) is 0 Å². The number of rotatable bonds is 7. The van der Waals surface area contributed by atoms with Gasteiger partial charge in [0.2, 0.25) is 5.91 Å². The van der Waals surface area contributed by atoms with Crippen molar-refractivity contribution >= 4 is 5.91 Å². The summed E-state index contributed by atoms with van der Waals surface area (Å²) >= 11 is 0. The fourth-order valence-corrected chi connectivity index (χ4v) is 2.72. The molecule has 0 saturated heterocycles. The predicted molar refractivity (Wildman–Crippen MR) is 77.9 cm³/mol. The standard InChI is InChI=1S/C15H30N2O2/c1-4-7-11(2)17-15(19)12(3)16-10-13-8-5-6-9-14(13)18/h11-14,16,18H,4-10H2,1-3H3,(H,17,19). The van der Waals surface area contributed by atoms with Crippen LogP contribution < -0.4 is 10.6 Å². The number of carbonyl (C=O) groups excluding carboxylic acids is 1. The second kappa shape index (κ2) is 8.54. The Balaban J connectivity index is 2.25. The van der Waals surface area contributed by atoms with Crippen molar-refractivity contribution in [1.29, 1.82) is 0 Å². The summed E-state index contributed by atoms with van der Waals surface area (Å²) in [6.07, 6.45) is 6.18. The minimum absolute atomic E-state index is 0.0613. The van der Waals surface area contributed by atoms with Gasteiger partial charge >= 0.3 is 0 Å². The van der Waals surface area contributed by atoms with Crippen LogP contribution in [0.15, 0.2) is 0 Å². The van der Waals surface area contributed by atoms with E-state index in [9.17, 15) is 9.90 Å². The van der Waals surface area contributed by atoms with Gasteiger partial charge in [-0.1, -0.05) is 26.2 Å². The van der Waals surface area contributed by atoms with Crippen LogP contribution in [-0.4, -0.2) is 35.7 Å². The fraction of sp³-hybridized carbons (Fsp3) is 0.933. The maximum atomic E-state index is 11.9. The molecule has 1 aliphatic rings. The van der Waals surface area contributed by atoms with Crippen molar-refractivity contribution in [2.24, 2.45) is 5.92 Å². The molecule has 1 amide bonds. The van der Waals surface area contributed by atoms with Crippen molar-refractivity contribution < 1.29 is 9.90 Å². The van der Waals surface area contributed by atoms with Crippen LogP contribution in [-0.2, 0) is 4.79 Å². The van der Waals surface area contributed by atoms with Gasteiger partial charge in [-0.05, 0) is 39.0 Å². The van der Waals surface area contributed by atoms with Crippen LogP contribution in [0.1, 0.15) is 59.3 Å². The quantitative estimate of drug-likeness (QED) is 0.661. The molecular formula is C15H30N2O2. The summed E-state index contributed by atoms with van der Waals surface area (Å²) in [4.78, 5) is 11.9. The van der Waals surface area contributed by atoms with Gasteiger partial charge in [0.05, 0.1) is 12.1 Å². The first-order valence-electron chi connectivity index (χ1n) is 7.76. The molecule has 4 unspecified atom stereocenters. The third-order valence-corrected chi connectivity index (χ3v) is 4.06. The number of hydrogen-bond donors (Lipinski definition) is 3. The maximum Gasteiger partial charge on any atom is 0.237 e. The van der Waals surface area contributed by atoms with Gasteiger partial charge in [-0.15, -0.1) is 0 Å². The van der Waals surface area contributed by atoms with Gasteiger partial charge in [0.15, 0.2) is 0 Å². The van der Waals surface area contributed by atoms with Crippen molar-refractivity contribution in [3.63, 3.8) is 0 Å². The SMILES string of the molecule is CCCC(C)NC(=O)C(C)NCC1CCCCC1O. The zero-order valence-corrected chi connectivity index (χ0v) is 12.6. The van der Waals surface area contributed by atoms with E-state index in [1.54, 1.807) is 0 Å². The Morgan fingerprint density at radius 1 is 1.32 bits per heavy atom. The first-order chi connectivity index (χ1) is 9.04. The lowest BCUT2D eigenvalue weighted by molar-refractivity contribution is -0.123. The van der Waals surface area contributed by atoms with E-state index in [2.05, 4.69) is 17.6 Å². The summed E-state index contributed by atoms with van der Waals surface area (Å²) < 4.78 is 0. The minimum atomic E-state index is -0.199. The average molecular weight is 270 g/mol. The number of carbonyl (C=O) groups is 1. The number of hydrogen-bond acceptors (Lipinski definition) is 3. The highest BCUT2D eigenvalue weighted by Crippen LogP contribution is 2.23. The molecule has 0 heterocycles. The van der Waals surface area contributed by atoms with Crippen molar-refractivity contribution in [3.05, 3.63) is 0 Å². The molecule has 0 aromatic heterocycles. The molecule has 4 atom stereocenters. The summed E-state index contributed by atoms with van der Waals surface area (Å²) in [5.41, 5.74) is 0. The topological polar surface area (TPSA) is 61.4 Å². The monoisotopic (exact) mass is 270 g/mol. The summed E-state index contributed by atoms with van der Waals surface area (Å²) in [6, 6.07) is 0.0513. The summed E-state index contributed by atoms with van der Waals surface area (Å²) in [5, 5.41) is 16.2. The van der Waals surface area contributed by atoms with E-state index >= 15 is 0 Å². The van der Waals surface area contributed by atoms with Crippen molar-refractivity contribution in [3.8, 4) is 0 Å². The Hall–Kier alpha value is -0.610. The first kappa shape index (κ1) is 16.4. The van der Waals surface area contributed by atoms with Crippen molar-refractivity contribution in [2.75, 3.05) is 6.54 Å². The molecule has 3 N–H and O–H groups in total. The number of amides is 1. The molecule has 1 rings (SSSR count). The van der Waals surface area contributed by atoms with Crippen LogP contribution in [0.25, 0.3) is 0 Å². The van der Waals surface area contributed by atoms with Gasteiger partial charge in [-0.2, -0.15) is 0 Å². The van der Waals surface area contributed by atoms with Crippen LogP contribution >= 0.6 is 0 Å². The predicted octanol–water partition coefficient (Wildman–Crippen LogP) is 1.82. The lowest BCUT2D eigenvalue weighted by Crippen LogP contribution is -2.47. The molecule has 0 spiro atoms. The molecule has 1 fully saturated rings. The molecule has 19 heavy (non-hydrogen) atoms. The minimum Gasteiger partial charge on any atom is -0.393 e. The first-order valence-corrected chi connectivity index (χ1v) is 7.76. The Morgan fingerprint density at radius 2 is 2.00 bits per heavy atom. The van der Waals surface area contributed by atoms with E-state index in [1.165, 1.54) is 6.42 Å². The van der Waals surface area contributed by atoms with Gasteiger partial charge in [0, 0.05) is 12.6 Å². The molecule has 1 aliphatic carbocycles. The van der Waals surface area contributed by atoms with Gasteiger partial charge < -0.3 is 15.7 Å². The zero-order chi connectivity index (χ0) is 14.3. The van der Waals surface area contributed by atoms with E-state index in [0.29, 0.717) is 5.92 Å². The Kier molecular flexibility index (Phi) is 7.39. The molecule has 0 aliphatic heterocycles. The second-order valence-electron chi connectivity index (χ2n) is 5.94. The average Bonchev–Trinajstić information content (AvgIpc) is 2.37. The Morgan fingerprint density at radius 3 is 2.63 bits per heavy atom. The van der Waals surface area contributed by atoms with E-state index in [0.717, 1.165) is 38.6 Å². The molecule has 0 bridgehead atoms. The number of aliphatic hydroxyl groups is 1. The Bertz CT molecular complexity index is 271. The molecule has 4 heteroatoms. The van der Waals surface area contributed by atoms with Crippen molar-refractivity contribution in [2.45, 2.75) is 77.5 Å². The van der Waals surface area contributed by atoms with Crippen LogP contribution in [0.3, 0.4) is 0 Å². The highest BCUT2D eigenvalue weighted by atomic mass is 16.3. The molecule has 0 aromatic carbocycles. The van der Waals surface area contributed by atoms with E-state index < -0.39 is 0 Å². The van der Waals surface area contributed by atoms with Gasteiger partial charge in [-0.25, -0.2) is 0 Å². The molecule has 0 aromatic rings. The highest BCUT2D eigenvalue weighted by molar-refractivity contribution is 5.81. The maximum absolute atomic E-state index is 11.9. The van der Waals surface area contributed by atoms with E-state index in [4.69, 9.17) is 0 Å². The largest absolute Gasteiger partial charge is 0.393 e. The van der Waals surface area contributed by atoms with E-state index in [1.807, 2.05) is 13.8 Å². The van der Waals surface area contributed by atoms with Crippen LogP contribution in [0.2, 0.25) is 0 Å². The molecule has 0 radical (unpaired) electrons. The van der Waals surface area contributed by atoms with Gasteiger partial charge in [0.25, 0.3) is 0 Å². The highest BCUT2D eigenvalue weighted by Gasteiger charge is 2.24. The summed E-state index contributed by atoms with van der Waals surface area (Å²) in [7, 11) is 0. The molecule has 1 saturated carbocycles. The Labute approximate surface area is 117 Å². The molecule has 112 valence electrons. The molecule has 4 nitrogen and oxygen atoms in total. The summed E-state index contributed by atoms with van der Waals surface area (Å²) in [5.74, 6) is 0.364. The van der Waals surface area contributed by atoms with Crippen LogP contribution in [0.5, 0.6) is 0 Å². The van der Waals surface area contributed by atoms with Crippen LogP contribution in [0, 0.1) is 5.92 Å². The lowest BCUT2D eigenvalue weighted by atomic mass is 9.86. The second-order valence-corrected chi connectivity index (χ2v) is 5.94. The molecular weight excluding hydrogens is 240 g/mol. The van der Waals surface area contributed by atoms with E-state index in [-0.39, 0.29) is 24.1 Å². The smallest absolute Gasteiger partial charge is 0.237 e. The van der Waals surface area contributed by atoms with Gasteiger partial charge in [0.1, 0.15) is 0 Å². The number of nitrogens with one attached hydrogen (secondary N) is 2. The van der Waals surface area contributed by atoms with Gasteiger partial charge in [-0.3, -0.25) is 4.79 Å². The lowest BCUT2D eigenvalue weighted by Gasteiger charge is -2.29. The third kappa shape index (κ3) is 5.91. The van der Waals surface area contributed by atoms with Crippen molar-refractivity contribution in [1.82, 2.24) is 10.6 Å². The summed E-state index contributed by atoms with van der Waals surface area (Å²) in [6.45, 7) is 6.79. The normalized spacial score (nSPS) is 26.7. The fourth-order valence-electron chi connectivity index (χ4n) is 2.72. The number of aliphatic hydroxyl groups excluding tert-OH is 1.